The van der Waals surface area contributed by atoms with Crippen LogP contribution in [0.25, 0.3) is 0 Å². The van der Waals surface area contributed by atoms with Crippen molar-refractivity contribution in [2.75, 3.05) is 0 Å². The predicted molar refractivity (Wildman–Crippen MR) is 41.7 cm³/mol. The zero-order valence-electron chi connectivity index (χ0n) is 6.50. The molecule has 0 aliphatic carbocycles. The molecule has 0 heterocycles. The molecule has 1 aromatic rings. The van der Waals surface area contributed by atoms with E-state index in [0.29, 0.717) is 0 Å². The maximum absolute atomic E-state index is 10.8. The number of nitriles is 1. The van der Waals surface area contributed by atoms with Gasteiger partial charge in [-0.1, -0.05) is 6.92 Å². The number of hydrogen-bond acceptors (Lipinski definition) is 4. The van der Waals surface area contributed by atoms with Gasteiger partial charge in [-0.2, -0.15) is 5.26 Å². The van der Waals surface area contributed by atoms with E-state index in [1.807, 2.05) is 6.07 Å². The van der Waals surface area contributed by atoms with Gasteiger partial charge in [-0.05, 0) is 0 Å². The molecular weight excluding hydrogens is 158 g/mol. The highest BCUT2D eigenvalue weighted by Gasteiger charge is 2.24. The Morgan fingerprint density at radius 1 is 1.50 bits per heavy atom. The fourth-order valence-electron chi connectivity index (χ4n) is 1.09. The van der Waals surface area contributed by atoms with Crippen molar-refractivity contribution in [3.05, 3.63) is 26.0 Å². The summed E-state index contributed by atoms with van der Waals surface area (Å²) in [4.78, 5) is 21.4. The fourth-order valence-corrected chi connectivity index (χ4v) is 1.09. The molecule has 1 aromatic carbocycles. The summed E-state index contributed by atoms with van der Waals surface area (Å²) in [7, 11) is 0. The summed E-state index contributed by atoms with van der Waals surface area (Å²) < 4.78 is 0. The van der Waals surface area contributed by atoms with Crippen LogP contribution in [0.3, 0.4) is 0 Å². The molecule has 4 heteroatoms. The first-order chi connectivity index (χ1) is 5.59. The first-order valence-electron chi connectivity index (χ1n) is 3.48. The van der Waals surface area contributed by atoms with Crippen molar-refractivity contribution in [2.24, 2.45) is 0 Å². The quantitative estimate of drug-likeness (QED) is 0.626. The average molecular weight is 165 g/mol. The standard InChI is InChI=1S/C8H7NO3/c1-4(2-3-9)5-6(10)8(12)7(5)11/h4,10H,2H2,1H3. The van der Waals surface area contributed by atoms with E-state index in [-0.39, 0.29) is 17.9 Å². The second kappa shape index (κ2) is 2.78. The van der Waals surface area contributed by atoms with Crippen LogP contribution >= 0.6 is 0 Å². The Bertz CT molecular complexity index is 406. The summed E-state index contributed by atoms with van der Waals surface area (Å²) in [6.07, 6.45) is 0.137. The van der Waals surface area contributed by atoms with E-state index in [0.717, 1.165) is 0 Å². The van der Waals surface area contributed by atoms with Gasteiger partial charge in [0.2, 0.25) is 5.43 Å². The van der Waals surface area contributed by atoms with Crippen molar-refractivity contribution in [2.45, 2.75) is 19.3 Å². The lowest BCUT2D eigenvalue weighted by Gasteiger charge is -2.09. The molecule has 0 saturated carbocycles. The molecule has 12 heavy (non-hydrogen) atoms. The Hall–Kier alpha value is -1.63. The van der Waals surface area contributed by atoms with Crippen molar-refractivity contribution in [1.29, 1.82) is 5.26 Å². The first-order valence-corrected chi connectivity index (χ1v) is 3.48. The third kappa shape index (κ3) is 0.996. The molecule has 0 radical (unpaired) electrons. The van der Waals surface area contributed by atoms with Crippen LogP contribution < -0.4 is 10.9 Å². The van der Waals surface area contributed by atoms with Crippen LogP contribution in [0.5, 0.6) is 5.75 Å². The smallest absolute Gasteiger partial charge is 0.267 e. The van der Waals surface area contributed by atoms with Gasteiger partial charge < -0.3 is 5.11 Å². The molecule has 0 aliphatic rings. The van der Waals surface area contributed by atoms with Gasteiger partial charge in [0.05, 0.1) is 11.6 Å². The van der Waals surface area contributed by atoms with Gasteiger partial charge in [-0.15, -0.1) is 0 Å². The Balaban J connectivity index is 3.01. The monoisotopic (exact) mass is 165 g/mol. The molecule has 0 saturated heterocycles. The molecule has 0 amide bonds. The van der Waals surface area contributed by atoms with Crippen LogP contribution in [-0.2, 0) is 0 Å². The minimum atomic E-state index is -0.838. The molecule has 1 rings (SSSR count). The van der Waals surface area contributed by atoms with Crippen molar-refractivity contribution in [1.82, 2.24) is 0 Å². The van der Waals surface area contributed by atoms with Crippen LogP contribution in [0.2, 0.25) is 0 Å². The summed E-state index contributed by atoms with van der Waals surface area (Å²) in [6.45, 7) is 1.62. The molecule has 0 fully saturated rings. The molecule has 0 aliphatic heterocycles. The van der Waals surface area contributed by atoms with Crippen molar-refractivity contribution in [3.8, 4) is 11.8 Å². The second-order valence-electron chi connectivity index (χ2n) is 2.68. The van der Waals surface area contributed by atoms with E-state index in [2.05, 4.69) is 0 Å². The van der Waals surface area contributed by atoms with Gasteiger partial charge in [0.25, 0.3) is 5.43 Å². The minimum Gasteiger partial charge on any atom is -0.504 e. The van der Waals surface area contributed by atoms with Gasteiger partial charge in [-0.25, -0.2) is 0 Å². The van der Waals surface area contributed by atoms with E-state index < -0.39 is 16.6 Å². The Labute approximate surface area is 68.4 Å². The SMILES string of the molecule is CC(CC#N)c1c(O)c(=O)c1=O. The zero-order valence-corrected chi connectivity index (χ0v) is 6.50. The van der Waals surface area contributed by atoms with E-state index in [1.165, 1.54) is 0 Å². The molecule has 1 unspecified atom stereocenters. The van der Waals surface area contributed by atoms with E-state index in [9.17, 15) is 9.59 Å². The molecule has 0 spiro atoms. The summed E-state index contributed by atoms with van der Waals surface area (Å²) in [5.41, 5.74) is -1.40. The third-order valence-corrected chi connectivity index (χ3v) is 1.81. The summed E-state index contributed by atoms with van der Waals surface area (Å²) in [5.74, 6) is -0.817. The average Bonchev–Trinajstić information content (AvgIpc) is 2.05. The number of rotatable bonds is 2. The molecular formula is C8H7NO3. The van der Waals surface area contributed by atoms with Crippen LogP contribution in [0.1, 0.15) is 24.8 Å². The lowest BCUT2D eigenvalue weighted by atomic mass is 9.93. The van der Waals surface area contributed by atoms with Crippen LogP contribution in [-0.4, -0.2) is 5.11 Å². The zero-order chi connectivity index (χ0) is 9.30. The van der Waals surface area contributed by atoms with Gasteiger partial charge in [0.15, 0.2) is 5.75 Å². The molecule has 0 bridgehead atoms. The predicted octanol–water partition coefficient (Wildman–Crippen LogP) is 0.00538. The molecule has 1 atom stereocenters. The first kappa shape index (κ1) is 8.47. The summed E-state index contributed by atoms with van der Waals surface area (Å²) in [5, 5.41) is 17.2. The molecule has 4 nitrogen and oxygen atoms in total. The van der Waals surface area contributed by atoms with E-state index in [4.69, 9.17) is 10.4 Å². The maximum Gasteiger partial charge on any atom is 0.267 e. The van der Waals surface area contributed by atoms with Crippen molar-refractivity contribution >= 4 is 0 Å². The Morgan fingerprint density at radius 3 is 2.50 bits per heavy atom. The second-order valence-corrected chi connectivity index (χ2v) is 2.68. The van der Waals surface area contributed by atoms with Crippen molar-refractivity contribution in [3.63, 3.8) is 0 Å². The maximum atomic E-state index is 10.8. The highest BCUT2D eigenvalue weighted by Crippen LogP contribution is 2.22. The fraction of sp³-hybridized carbons (Fsp3) is 0.375. The van der Waals surface area contributed by atoms with E-state index >= 15 is 0 Å². The van der Waals surface area contributed by atoms with Gasteiger partial charge in [-0.3, -0.25) is 9.59 Å². The highest BCUT2D eigenvalue weighted by molar-refractivity contribution is 5.40. The van der Waals surface area contributed by atoms with Crippen LogP contribution in [0, 0.1) is 11.3 Å². The largest absolute Gasteiger partial charge is 0.504 e. The Morgan fingerprint density at radius 2 is 2.08 bits per heavy atom. The third-order valence-electron chi connectivity index (χ3n) is 1.81. The number of nitrogens with zero attached hydrogens (tertiary/aromatic N) is 1. The van der Waals surface area contributed by atoms with Crippen LogP contribution in [0.15, 0.2) is 9.59 Å². The lowest BCUT2D eigenvalue weighted by Crippen LogP contribution is -2.35. The van der Waals surface area contributed by atoms with Crippen LogP contribution in [0.4, 0.5) is 0 Å². The summed E-state index contributed by atoms with van der Waals surface area (Å²) >= 11 is 0. The minimum absolute atomic E-state index is 0.0987. The number of hydrogen-bond donors (Lipinski definition) is 1. The normalized spacial score (nSPS) is 12.7. The molecule has 1 N–H and O–H groups in total. The van der Waals surface area contributed by atoms with Gasteiger partial charge in [0.1, 0.15) is 0 Å². The van der Waals surface area contributed by atoms with E-state index in [1.54, 1.807) is 6.92 Å². The number of aromatic hydroxyl groups is 1. The molecule has 62 valence electrons. The lowest BCUT2D eigenvalue weighted by molar-refractivity contribution is 0.447. The molecule has 0 aromatic heterocycles. The topological polar surface area (TPSA) is 78.2 Å². The van der Waals surface area contributed by atoms with Gasteiger partial charge in [0, 0.05) is 12.3 Å². The summed E-state index contributed by atoms with van der Waals surface area (Å²) in [6, 6.07) is 1.86. The highest BCUT2D eigenvalue weighted by atomic mass is 16.3. The van der Waals surface area contributed by atoms with Gasteiger partial charge >= 0.3 is 0 Å². The van der Waals surface area contributed by atoms with Crippen molar-refractivity contribution < 1.29 is 5.11 Å². The Kier molecular flexibility index (Phi) is 1.96.